The van der Waals surface area contributed by atoms with E-state index >= 15 is 0 Å². The Labute approximate surface area is 206 Å². The maximum atomic E-state index is 12.5. The van der Waals surface area contributed by atoms with E-state index in [9.17, 15) is 18.0 Å². The third-order valence-electron chi connectivity index (χ3n) is 5.30. The molecule has 12 heteroatoms. The lowest BCUT2D eigenvalue weighted by atomic mass is 10.1. The van der Waals surface area contributed by atoms with Crippen molar-refractivity contribution in [2.24, 2.45) is 5.92 Å². The van der Waals surface area contributed by atoms with Crippen LogP contribution < -0.4 is 21.1 Å². The summed E-state index contributed by atoms with van der Waals surface area (Å²) >= 11 is 0. The number of methoxy groups -OCH3 is 1. The normalized spacial score (nSPS) is 11.4. The smallest absolute Gasteiger partial charge is 0.405 e. The van der Waals surface area contributed by atoms with E-state index in [-0.39, 0.29) is 17.2 Å². The van der Waals surface area contributed by atoms with Gasteiger partial charge in [0.05, 0.1) is 12.7 Å². The van der Waals surface area contributed by atoms with Gasteiger partial charge in [-0.2, -0.15) is 18.2 Å². The van der Waals surface area contributed by atoms with Gasteiger partial charge in [-0.25, -0.2) is 4.68 Å². The highest BCUT2D eigenvalue weighted by atomic mass is 19.4. The highest BCUT2D eigenvalue weighted by Gasteiger charge is 2.28. The predicted octanol–water partition coefficient (Wildman–Crippen LogP) is 4.53. The summed E-state index contributed by atoms with van der Waals surface area (Å²) in [5.41, 5.74) is 9.01. The van der Waals surface area contributed by atoms with Gasteiger partial charge in [-0.1, -0.05) is 19.9 Å². The second-order valence-corrected chi connectivity index (χ2v) is 8.56. The molecule has 2 aromatic carbocycles. The molecule has 0 aliphatic heterocycles. The van der Waals surface area contributed by atoms with Gasteiger partial charge in [-0.15, -0.1) is 5.10 Å². The monoisotopic (exact) mass is 503 g/mol. The number of hydrogen-bond donors (Lipinski definition) is 4. The Balaban J connectivity index is 1.97. The van der Waals surface area contributed by atoms with E-state index in [1.165, 1.54) is 25.5 Å². The average Bonchev–Trinajstić information content (AvgIpc) is 3.20. The molecule has 0 saturated carbocycles. The molecule has 36 heavy (non-hydrogen) atoms. The molecular formula is C24H28F3N7O2. The molecule has 1 heterocycles. The Hall–Kier alpha value is -4.09. The van der Waals surface area contributed by atoms with E-state index in [1.54, 1.807) is 22.9 Å². The summed E-state index contributed by atoms with van der Waals surface area (Å²) in [5.74, 6) is 0.218. The van der Waals surface area contributed by atoms with Gasteiger partial charge in [0.25, 0.3) is 5.91 Å². The van der Waals surface area contributed by atoms with Crippen molar-refractivity contribution in [3.8, 4) is 17.1 Å². The number of halogens is 3. The van der Waals surface area contributed by atoms with Crippen LogP contribution in [0.3, 0.4) is 0 Å². The Kier molecular flexibility index (Phi) is 7.86. The van der Waals surface area contributed by atoms with Crippen LogP contribution in [0.4, 0.5) is 30.5 Å². The van der Waals surface area contributed by atoms with Gasteiger partial charge < -0.3 is 26.5 Å². The molecule has 5 N–H and O–H groups in total. The number of nitrogens with two attached hydrogens (primary N) is 1. The van der Waals surface area contributed by atoms with Crippen LogP contribution in [-0.4, -0.2) is 46.7 Å². The summed E-state index contributed by atoms with van der Waals surface area (Å²) in [5, 5.41) is 17.3. The minimum absolute atomic E-state index is 0.0397. The van der Waals surface area contributed by atoms with Crippen molar-refractivity contribution >= 4 is 29.4 Å². The molecule has 0 aliphatic carbocycles. The molecule has 0 atom stereocenters. The average molecular weight is 504 g/mol. The number of aromatic nitrogens is 3. The zero-order chi connectivity index (χ0) is 26.6. The maximum absolute atomic E-state index is 12.5. The van der Waals surface area contributed by atoms with Crippen LogP contribution in [0.5, 0.6) is 5.75 Å². The van der Waals surface area contributed by atoms with Gasteiger partial charge in [0, 0.05) is 35.3 Å². The number of benzene rings is 2. The number of nitrogens with one attached hydrogen (secondary N) is 3. The zero-order valence-corrected chi connectivity index (χ0v) is 20.3. The summed E-state index contributed by atoms with van der Waals surface area (Å²) in [4.78, 5) is 16.9. The van der Waals surface area contributed by atoms with E-state index < -0.39 is 18.6 Å². The fraction of sp³-hybridized carbons (Fsp3) is 0.333. The van der Waals surface area contributed by atoms with Gasteiger partial charge in [-0.3, -0.25) is 4.79 Å². The third kappa shape index (κ3) is 6.12. The van der Waals surface area contributed by atoms with Crippen LogP contribution in [0.2, 0.25) is 0 Å². The standard InChI is InChI=1S/C24H28F3N7O2/c1-13(2)11-34-23(31-19-8-7-18(29)17(10-28)14(19)3)32-21(33-34)15-5-6-16(20(9-15)36-4)22(35)30-12-24(25,26)27/h5-10,13,28H,11-12,29H2,1-4H3,(H,30,35)(H,31,32,33). The fourth-order valence-corrected chi connectivity index (χ4v) is 3.52. The first-order chi connectivity index (χ1) is 16.9. The molecule has 3 rings (SSSR count). The van der Waals surface area contributed by atoms with Crippen LogP contribution in [0, 0.1) is 18.3 Å². The molecule has 192 valence electrons. The largest absolute Gasteiger partial charge is 0.496 e. The quantitative estimate of drug-likeness (QED) is 0.251. The van der Waals surface area contributed by atoms with Crippen molar-refractivity contribution in [2.75, 3.05) is 24.7 Å². The second-order valence-electron chi connectivity index (χ2n) is 8.56. The molecule has 0 bridgehead atoms. The number of rotatable bonds is 9. The van der Waals surface area contributed by atoms with Crippen molar-refractivity contribution in [2.45, 2.75) is 33.5 Å². The number of hydrogen-bond acceptors (Lipinski definition) is 7. The summed E-state index contributed by atoms with van der Waals surface area (Å²) < 4.78 is 44.4. The molecule has 3 aromatic rings. The lowest BCUT2D eigenvalue weighted by Crippen LogP contribution is -2.33. The second kappa shape index (κ2) is 10.7. The molecule has 9 nitrogen and oxygen atoms in total. The highest BCUT2D eigenvalue weighted by Crippen LogP contribution is 2.30. The highest BCUT2D eigenvalue weighted by molar-refractivity contribution is 5.97. The fourth-order valence-electron chi connectivity index (χ4n) is 3.52. The van der Waals surface area contributed by atoms with Crippen LogP contribution >= 0.6 is 0 Å². The minimum Gasteiger partial charge on any atom is -0.496 e. The lowest BCUT2D eigenvalue weighted by Gasteiger charge is -2.14. The van der Waals surface area contributed by atoms with Crippen LogP contribution in [0.15, 0.2) is 30.3 Å². The van der Waals surface area contributed by atoms with Gasteiger partial charge >= 0.3 is 6.18 Å². The Morgan fingerprint density at radius 3 is 2.61 bits per heavy atom. The number of nitrogen functional groups attached to an aromatic ring is 1. The zero-order valence-electron chi connectivity index (χ0n) is 20.3. The topological polar surface area (TPSA) is 131 Å². The minimum atomic E-state index is -4.53. The van der Waals surface area contributed by atoms with Gasteiger partial charge in [0.15, 0.2) is 5.82 Å². The van der Waals surface area contributed by atoms with Crippen molar-refractivity contribution in [3.05, 3.63) is 47.0 Å². The molecule has 0 spiro atoms. The number of nitrogens with zero attached hydrogens (tertiary/aromatic N) is 3. The van der Waals surface area contributed by atoms with Gasteiger partial charge in [0.1, 0.15) is 12.3 Å². The van der Waals surface area contributed by atoms with Crippen LogP contribution in [0.1, 0.15) is 35.3 Å². The van der Waals surface area contributed by atoms with Crippen molar-refractivity contribution in [3.63, 3.8) is 0 Å². The van der Waals surface area contributed by atoms with E-state index in [1.807, 2.05) is 26.1 Å². The molecule has 0 radical (unpaired) electrons. The molecule has 0 unspecified atom stereocenters. The van der Waals surface area contributed by atoms with Crippen LogP contribution in [0.25, 0.3) is 11.4 Å². The SMILES string of the molecule is COc1cc(-c2nc(Nc3ccc(N)c(C=N)c3C)n(CC(C)C)n2)ccc1C(=O)NCC(F)(F)F. The Morgan fingerprint density at radius 1 is 1.28 bits per heavy atom. The number of amides is 1. The summed E-state index contributed by atoms with van der Waals surface area (Å²) in [6, 6.07) is 7.92. The Bertz CT molecular complexity index is 1270. The summed E-state index contributed by atoms with van der Waals surface area (Å²) in [6.45, 7) is 5.01. The van der Waals surface area contributed by atoms with Gasteiger partial charge in [0.2, 0.25) is 5.95 Å². The first-order valence-electron chi connectivity index (χ1n) is 11.1. The van der Waals surface area contributed by atoms with E-state index in [4.69, 9.17) is 15.9 Å². The van der Waals surface area contributed by atoms with E-state index in [0.29, 0.717) is 40.8 Å². The number of ether oxygens (including phenoxy) is 1. The van der Waals surface area contributed by atoms with Crippen molar-refractivity contribution in [1.82, 2.24) is 20.1 Å². The predicted molar refractivity (Wildman–Crippen MR) is 132 cm³/mol. The molecule has 0 saturated heterocycles. The molecular weight excluding hydrogens is 475 g/mol. The number of anilines is 3. The number of carbonyl (C=O) groups is 1. The molecule has 0 fully saturated rings. The van der Waals surface area contributed by atoms with Gasteiger partial charge in [-0.05, 0) is 42.7 Å². The molecule has 0 aliphatic rings. The first-order valence-corrected chi connectivity index (χ1v) is 11.1. The summed E-state index contributed by atoms with van der Waals surface area (Å²) in [7, 11) is 1.32. The lowest BCUT2D eigenvalue weighted by molar-refractivity contribution is -0.123. The van der Waals surface area contributed by atoms with E-state index in [0.717, 1.165) is 5.56 Å². The van der Waals surface area contributed by atoms with E-state index in [2.05, 4.69) is 15.4 Å². The molecule has 1 aromatic heterocycles. The molecule has 1 amide bonds. The number of alkyl halides is 3. The third-order valence-corrected chi connectivity index (χ3v) is 5.30. The Morgan fingerprint density at radius 2 is 2.00 bits per heavy atom. The maximum Gasteiger partial charge on any atom is 0.405 e. The van der Waals surface area contributed by atoms with Crippen LogP contribution in [-0.2, 0) is 6.54 Å². The first kappa shape index (κ1) is 26.5. The van der Waals surface area contributed by atoms with Crippen molar-refractivity contribution < 1.29 is 22.7 Å². The number of carbonyl (C=O) groups excluding carboxylic acids is 1. The summed E-state index contributed by atoms with van der Waals surface area (Å²) in [6.07, 6.45) is -3.33. The van der Waals surface area contributed by atoms with Crippen molar-refractivity contribution in [1.29, 1.82) is 5.41 Å².